The summed E-state index contributed by atoms with van der Waals surface area (Å²) in [5.41, 5.74) is 7.98. The molecule has 0 bridgehead atoms. The van der Waals surface area contributed by atoms with E-state index in [4.69, 9.17) is 20.7 Å². The Morgan fingerprint density at radius 3 is 2.50 bits per heavy atom. The Morgan fingerprint density at radius 1 is 1.25 bits per heavy atom. The standard InChI is InChI=1S/C13H12N2O2.CH2O2/c14-12-6-2-5-11(15-12)10-4-1-3-9(7-10)8-13(16)17;2-1-3/h1-7H,8H2,(H2,14,15)(H,16,17);1H,(H,2,3). The van der Waals surface area contributed by atoms with Gasteiger partial charge in [-0.2, -0.15) is 0 Å². The Balaban J connectivity index is 0.000000612. The Hall–Kier alpha value is -2.89. The topological polar surface area (TPSA) is 114 Å². The largest absolute Gasteiger partial charge is 0.483 e. The number of rotatable bonds is 3. The molecule has 1 aromatic heterocycles. The number of nitrogen functional groups attached to an aromatic ring is 1. The molecule has 0 amide bonds. The molecule has 0 atom stereocenters. The van der Waals surface area contributed by atoms with Crippen LogP contribution in [0, 0.1) is 0 Å². The molecule has 0 radical (unpaired) electrons. The van der Waals surface area contributed by atoms with Gasteiger partial charge in [-0.25, -0.2) is 4.98 Å². The van der Waals surface area contributed by atoms with Crippen LogP contribution in [0.1, 0.15) is 5.56 Å². The molecule has 6 heteroatoms. The minimum Gasteiger partial charge on any atom is -0.483 e. The number of nitrogens with zero attached hydrogens (tertiary/aromatic N) is 1. The average molecular weight is 274 g/mol. The van der Waals surface area contributed by atoms with E-state index in [-0.39, 0.29) is 12.9 Å². The van der Waals surface area contributed by atoms with Gasteiger partial charge in [-0.3, -0.25) is 9.59 Å². The Kier molecular flexibility index (Phi) is 5.71. The summed E-state index contributed by atoms with van der Waals surface area (Å²) in [7, 11) is 0. The SMILES string of the molecule is Nc1cccc(-c2cccc(CC(=O)O)c2)n1.O=CO. The van der Waals surface area contributed by atoms with Gasteiger partial charge in [-0.15, -0.1) is 0 Å². The van der Waals surface area contributed by atoms with Crippen LogP contribution in [0.25, 0.3) is 11.3 Å². The molecule has 0 saturated heterocycles. The van der Waals surface area contributed by atoms with E-state index < -0.39 is 5.97 Å². The third-order valence-corrected chi connectivity index (χ3v) is 2.35. The third kappa shape index (κ3) is 4.77. The number of hydrogen-bond acceptors (Lipinski definition) is 4. The first kappa shape index (κ1) is 15.2. The van der Waals surface area contributed by atoms with Gasteiger partial charge in [0.15, 0.2) is 0 Å². The lowest BCUT2D eigenvalue weighted by molar-refractivity contribution is -0.136. The van der Waals surface area contributed by atoms with Crippen molar-refractivity contribution >= 4 is 18.3 Å². The predicted molar refractivity (Wildman–Crippen MR) is 74.1 cm³/mol. The van der Waals surface area contributed by atoms with Gasteiger partial charge < -0.3 is 15.9 Å². The fraction of sp³-hybridized carbons (Fsp3) is 0.0714. The van der Waals surface area contributed by atoms with E-state index >= 15 is 0 Å². The van der Waals surface area contributed by atoms with Crippen molar-refractivity contribution in [3.8, 4) is 11.3 Å². The summed E-state index contributed by atoms with van der Waals surface area (Å²) in [4.78, 5) is 23.2. The van der Waals surface area contributed by atoms with Crippen LogP contribution >= 0.6 is 0 Å². The number of anilines is 1. The Bertz CT molecular complexity index is 599. The zero-order valence-corrected chi connectivity index (χ0v) is 10.6. The van der Waals surface area contributed by atoms with Gasteiger partial charge in [0.2, 0.25) is 0 Å². The molecule has 0 saturated carbocycles. The van der Waals surface area contributed by atoms with E-state index in [0.717, 1.165) is 16.8 Å². The summed E-state index contributed by atoms with van der Waals surface area (Å²) in [6, 6.07) is 12.7. The number of carbonyl (C=O) groups is 2. The van der Waals surface area contributed by atoms with Crippen LogP contribution in [-0.4, -0.2) is 27.6 Å². The van der Waals surface area contributed by atoms with Crippen LogP contribution in [0.15, 0.2) is 42.5 Å². The van der Waals surface area contributed by atoms with E-state index in [1.807, 2.05) is 30.3 Å². The highest BCUT2D eigenvalue weighted by Crippen LogP contribution is 2.19. The minimum absolute atomic E-state index is 0.0101. The second-order valence-corrected chi connectivity index (χ2v) is 3.82. The van der Waals surface area contributed by atoms with Gasteiger partial charge in [0.1, 0.15) is 5.82 Å². The number of carboxylic acid groups (broad SMARTS) is 2. The third-order valence-electron chi connectivity index (χ3n) is 2.35. The summed E-state index contributed by atoms with van der Waals surface area (Å²) in [5, 5.41) is 15.6. The molecule has 2 rings (SSSR count). The fourth-order valence-corrected chi connectivity index (χ4v) is 1.63. The lowest BCUT2D eigenvalue weighted by Gasteiger charge is -2.04. The Labute approximate surface area is 115 Å². The van der Waals surface area contributed by atoms with Crippen molar-refractivity contribution in [2.45, 2.75) is 6.42 Å². The zero-order valence-electron chi connectivity index (χ0n) is 10.6. The van der Waals surface area contributed by atoms with Crippen LogP contribution in [0.4, 0.5) is 5.82 Å². The monoisotopic (exact) mass is 274 g/mol. The molecular weight excluding hydrogens is 260 g/mol. The normalized spacial score (nSPS) is 9.20. The minimum atomic E-state index is -0.845. The van der Waals surface area contributed by atoms with Crippen LogP contribution in [0.3, 0.4) is 0 Å². The highest BCUT2D eigenvalue weighted by molar-refractivity contribution is 5.71. The predicted octanol–water partition coefficient (Wildman–Crippen LogP) is 1.66. The number of nitrogens with two attached hydrogens (primary N) is 1. The molecule has 0 fully saturated rings. The number of aliphatic carboxylic acids is 1. The number of carboxylic acids is 1. The summed E-state index contributed by atoms with van der Waals surface area (Å²) >= 11 is 0. The quantitative estimate of drug-likeness (QED) is 0.733. The number of hydrogen-bond donors (Lipinski definition) is 3. The summed E-state index contributed by atoms with van der Waals surface area (Å²) < 4.78 is 0. The first-order valence-electron chi connectivity index (χ1n) is 5.68. The highest BCUT2D eigenvalue weighted by atomic mass is 16.4. The van der Waals surface area contributed by atoms with Crippen molar-refractivity contribution in [1.29, 1.82) is 0 Å². The first-order chi connectivity index (χ1) is 9.56. The first-order valence-corrected chi connectivity index (χ1v) is 5.68. The number of benzene rings is 1. The Morgan fingerprint density at radius 2 is 1.90 bits per heavy atom. The zero-order chi connectivity index (χ0) is 15.0. The number of aromatic nitrogens is 1. The summed E-state index contributed by atoms with van der Waals surface area (Å²) in [6.07, 6.45) is 0.0101. The van der Waals surface area contributed by atoms with Crippen molar-refractivity contribution < 1.29 is 19.8 Å². The van der Waals surface area contributed by atoms with E-state index in [1.54, 1.807) is 12.1 Å². The van der Waals surface area contributed by atoms with Gasteiger partial charge in [0.05, 0.1) is 12.1 Å². The second-order valence-electron chi connectivity index (χ2n) is 3.82. The van der Waals surface area contributed by atoms with Gasteiger partial charge >= 0.3 is 5.97 Å². The molecular formula is C14H14N2O4. The molecule has 2 aromatic rings. The van der Waals surface area contributed by atoms with E-state index in [9.17, 15) is 4.79 Å². The maximum Gasteiger partial charge on any atom is 0.307 e. The lowest BCUT2D eigenvalue weighted by atomic mass is 10.1. The van der Waals surface area contributed by atoms with Crippen molar-refractivity contribution in [2.75, 3.05) is 5.73 Å². The molecule has 0 aliphatic rings. The second kappa shape index (κ2) is 7.52. The maximum atomic E-state index is 10.6. The summed E-state index contributed by atoms with van der Waals surface area (Å²) in [5.74, 6) is -0.395. The van der Waals surface area contributed by atoms with Crippen LogP contribution in [-0.2, 0) is 16.0 Å². The summed E-state index contributed by atoms with van der Waals surface area (Å²) in [6.45, 7) is -0.250. The van der Waals surface area contributed by atoms with Gasteiger partial charge in [-0.1, -0.05) is 24.3 Å². The van der Waals surface area contributed by atoms with Gasteiger partial charge in [-0.05, 0) is 23.8 Å². The van der Waals surface area contributed by atoms with Crippen molar-refractivity contribution in [3.05, 3.63) is 48.0 Å². The lowest BCUT2D eigenvalue weighted by Crippen LogP contribution is -2.00. The van der Waals surface area contributed by atoms with E-state index in [0.29, 0.717) is 5.82 Å². The van der Waals surface area contributed by atoms with Crippen molar-refractivity contribution in [1.82, 2.24) is 4.98 Å². The van der Waals surface area contributed by atoms with Crippen molar-refractivity contribution in [2.24, 2.45) is 0 Å². The molecule has 1 aromatic carbocycles. The maximum absolute atomic E-state index is 10.6. The van der Waals surface area contributed by atoms with Crippen LogP contribution in [0.2, 0.25) is 0 Å². The average Bonchev–Trinajstić information content (AvgIpc) is 2.39. The molecule has 4 N–H and O–H groups in total. The smallest absolute Gasteiger partial charge is 0.307 e. The van der Waals surface area contributed by atoms with Gasteiger partial charge in [0, 0.05) is 5.56 Å². The highest BCUT2D eigenvalue weighted by Gasteiger charge is 2.04. The number of pyridine rings is 1. The van der Waals surface area contributed by atoms with Crippen molar-refractivity contribution in [3.63, 3.8) is 0 Å². The molecule has 0 aliphatic carbocycles. The molecule has 6 nitrogen and oxygen atoms in total. The fourth-order valence-electron chi connectivity index (χ4n) is 1.63. The molecule has 104 valence electrons. The molecule has 1 heterocycles. The molecule has 0 aliphatic heterocycles. The molecule has 20 heavy (non-hydrogen) atoms. The van der Waals surface area contributed by atoms with Gasteiger partial charge in [0.25, 0.3) is 6.47 Å². The van der Waals surface area contributed by atoms with E-state index in [1.165, 1.54) is 0 Å². The molecule has 0 spiro atoms. The molecule has 0 unspecified atom stereocenters. The van der Waals surface area contributed by atoms with Crippen LogP contribution in [0.5, 0.6) is 0 Å². The van der Waals surface area contributed by atoms with Crippen LogP contribution < -0.4 is 5.73 Å². The van der Waals surface area contributed by atoms with E-state index in [2.05, 4.69) is 4.98 Å².